The maximum absolute atomic E-state index is 9.57. The van der Waals surface area contributed by atoms with Crippen LogP contribution in [0, 0.1) is 0 Å². The van der Waals surface area contributed by atoms with E-state index in [1.54, 1.807) is 26.6 Å². The van der Waals surface area contributed by atoms with Crippen LogP contribution in [0.5, 0.6) is 0 Å². The van der Waals surface area contributed by atoms with E-state index in [0.717, 1.165) is 18.5 Å². The van der Waals surface area contributed by atoms with Crippen molar-refractivity contribution < 1.29 is 14.6 Å². The van der Waals surface area contributed by atoms with Gasteiger partial charge in [0.25, 0.3) is 0 Å². The lowest BCUT2D eigenvalue weighted by Crippen LogP contribution is -2.27. The van der Waals surface area contributed by atoms with E-state index in [9.17, 15) is 5.11 Å². The van der Waals surface area contributed by atoms with Gasteiger partial charge in [-0.3, -0.25) is 0 Å². The smallest absolute Gasteiger partial charge is 0.230 e. The lowest BCUT2D eigenvalue weighted by atomic mass is 10.2. The van der Waals surface area contributed by atoms with Gasteiger partial charge in [-0.15, -0.1) is 0 Å². The van der Waals surface area contributed by atoms with Crippen LogP contribution in [0.4, 0.5) is 23.3 Å². The minimum Gasteiger partial charge on any atom is -0.391 e. The van der Waals surface area contributed by atoms with Crippen LogP contribution >= 0.6 is 0 Å². The highest BCUT2D eigenvalue weighted by Crippen LogP contribution is 2.24. The number of nitrogens with zero attached hydrogens (tertiary/aromatic N) is 4. The van der Waals surface area contributed by atoms with Gasteiger partial charge in [0.2, 0.25) is 5.95 Å². The molecule has 1 fully saturated rings. The third-order valence-corrected chi connectivity index (χ3v) is 4.65. The molecule has 1 aliphatic rings. The molecule has 2 heterocycles. The average Bonchev–Trinajstić information content (AvgIpc) is 3.22. The highest BCUT2D eigenvalue weighted by molar-refractivity contribution is 5.56. The number of rotatable bonds is 10. The Kier molecular flexibility index (Phi) is 7.35. The predicted molar refractivity (Wildman–Crippen MR) is 108 cm³/mol. The van der Waals surface area contributed by atoms with Crippen molar-refractivity contribution in [3.8, 4) is 0 Å². The first-order valence-electron chi connectivity index (χ1n) is 9.42. The number of hydrogen-bond acceptors (Lipinski definition) is 9. The fourth-order valence-corrected chi connectivity index (χ4v) is 3.23. The van der Waals surface area contributed by atoms with Gasteiger partial charge >= 0.3 is 0 Å². The number of methoxy groups -OCH3 is 2. The lowest BCUT2D eigenvalue weighted by molar-refractivity contribution is 0.140. The van der Waals surface area contributed by atoms with Crippen molar-refractivity contribution >= 4 is 23.3 Å². The number of aliphatic hydroxyl groups is 1. The first-order valence-corrected chi connectivity index (χ1v) is 9.42. The molecule has 0 atom stereocenters. The minimum absolute atomic E-state index is 0.100. The Labute approximate surface area is 165 Å². The van der Waals surface area contributed by atoms with Gasteiger partial charge in [-0.05, 0) is 25.0 Å². The number of anilines is 4. The van der Waals surface area contributed by atoms with E-state index in [1.165, 1.54) is 12.8 Å². The van der Waals surface area contributed by atoms with Crippen LogP contribution in [0.25, 0.3) is 0 Å². The molecule has 0 spiro atoms. The van der Waals surface area contributed by atoms with Gasteiger partial charge in [-0.2, -0.15) is 4.98 Å². The normalized spacial score (nSPS) is 14.2. The zero-order chi connectivity index (χ0) is 19.8. The summed E-state index contributed by atoms with van der Waals surface area (Å²) in [6, 6.07) is 4.17. The summed E-state index contributed by atoms with van der Waals surface area (Å²) in [6.45, 7) is 0.714. The number of nitrogens with one attached hydrogen (secondary N) is 2. The molecule has 2 aromatic rings. The van der Waals surface area contributed by atoms with Crippen LogP contribution in [0.15, 0.2) is 24.5 Å². The summed E-state index contributed by atoms with van der Waals surface area (Å²) in [5.41, 5.74) is 1.57. The second-order valence-corrected chi connectivity index (χ2v) is 6.75. The van der Waals surface area contributed by atoms with Crippen molar-refractivity contribution in [2.45, 2.75) is 38.3 Å². The van der Waals surface area contributed by atoms with Gasteiger partial charge in [0.05, 0.1) is 18.5 Å². The molecule has 28 heavy (non-hydrogen) atoms. The molecule has 1 aliphatic carbocycles. The van der Waals surface area contributed by atoms with E-state index >= 15 is 0 Å². The molecule has 0 saturated heterocycles. The molecule has 0 aliphatic heterocycles. The van der Waals surface area contributed by atoms with Gasteiger partial charge in [-0.25, -0.2) is 9.97 Å². The third kappa shape index (κ3) is 5.28. The number of aliphatic hydroxyl groups excluding tert-OH is 1. The van der Waals surface area contributed by atoms with Crippen molar-refractivity contribution in [1.29, 1.82) is 0 Å². The first kappa shape index (κ1) is 20.2. The number of pyridine rings is 1. The van der Waals surface area contributed by atoms with E-state index in [-0.39, 0.29) is 6.61 Å². The molecule has 152 valence electrons. The van der Waals surface area contributed by atoms with E-state index in [0.29, 0.717) is 42.7 Å². The highest BCUT2D eigenvalue weighted by atomic mass is 16.5. The summed E-state index contributed by atoms with van der Waals surface area (Å²) in [6.07, 6.45) is 8.07. The summed E-state index contributed by atoms with van der Waals surface area (Å²) in [7, 11) is 3.27. The summed E-state index contributed by atoms with van der Waals surface area (Å²) >= 11 is 0. The van der Waals surface area contributed by atoms with E-state index in [4.69, 9.17) is 9.47 Å². The highest BCUT2D eigenvalue weighted by Gasteiger charge is 2.17. The molecule has 9 heteroatoms. The quantitative estimate of drug-likeness (QED) is 0.529. The molecule has 1 saturated carbocycles. The van der Waals surface area contributed by atoms with Crippen LogP contribution in [0.1, 0.15) is 31.2 Å². The SMILES string of the molecule is COCN(COC)c1ccc(Nc2ncc(CO)c(NC3CCCC3)n2)nc1. The van der Waals surface area contributed by atoms with Gasteiger partial charge in [0.1, 0.15) is 25.1 Å². The second kappa shape index (κ2) is 10.2. The fraction of sp³-hybridized carbons (Fsp3) is 0.526. The van der Waals surface area contributed by atoms with Crippen molar-refractivity contribution in [1.82, 2.24) is 15.0 Å². The first-order chi connectivity index (χ1) is 13.7. The summed E-state index contributed by atoms with van der Waals surface area (Å²) in [4.78, 5) is 15.1. The minimum atomic E-state index is -0.100. The van der Waals surface area contributed by atoms with Crippen LogP contribution in [0.3, 0.4) is 0 Å². The average molecular weight is 388 g/mol. The molecular weight excluding hydrogens is 360 g/mol. The zero-order valence-electron chi connectivity index (χ0n) is 16.4. The van der Waals surface area contributed by atoms with E-state index in [1.807, 2.05) is 17.0 Å². The van der Waals surface area contributed by atoms with Crippen molar-refractivity contribution in [3.05, 3.63) is 30.1 Å². The molecule has 9 nitrogen and oxygen atoms in total. The molecule has 3 N–H and O–H groups in total. The van der Waals surface area contributed by atoms with Crippen molar-refractivity contribution in [2.24, 2.45) is 0 Å². The number of ether oxygens (including phenoxy) is 2. The molecule has 0 aromatic carbocycles. The topological polar surface area (TPSA) is 105 Å². The Morgan fingerprint density at radius 1 is 1.11 bits per heavy atom. The summed E-state index contributed by atoms with van der Waals surface area (Å²) in [5.74, 6) is 1.74. The number of aromatic nitrogens is 3. The zero-order valence-corrected chi connectivity index (χ0v) is 16.4. The lowest BCUT2D eigenvalue weighted by Gasteiger charge is -2.22. The molecule has 0 amide bonds. The molecular formula is C19H28N6O3. The maximum atomic E-state index is 9.57. The van der Waals surface area contributed by atoms with Crippen LogP contribution < -0.4 is 15.5 Å². The fourth-order valence-electron chi connectivity index (χ4n) is 3.23. The monoisotopic (exact) mass is 388 g/mol. The van der Waals surface area contributed by atoms with Gasteiger partial charge < -0.3 is 30.1 Å². The van der Waals surface area contributed by atoms with Crippen LogP contribution in [0.2, 0.25) is 0 Å². The Morgan fingerprint density at radius 2 is 1.86 bits per heavy atom. The van der Waals surface area contributed by atoms with E-state index in [2.05, 4.69) is 25.6 Å². The standard InChI is InChI=1S/C19H28N6O3/c1-27-12-25(13-28-2)16-7-8-17(20-10-16)23-19-21-9-14(11-26)18(24-19)22-15-5-3-4-6-15/h7-10,15,26H,3-6,11-13H2,1-2H3,(H2,20,21,22,23,24). The van der Waals surface area contributed by atoms with E-state index < -0.39 is 0 Å². The second-order valence-electron chi connectivity index (χ2n) is 6.75. The summed E-state index contributed by atoms with van der Waals surface area (Å²) < 4.78 is 10.4. The molecule has 0 bridgehead atoms. The van der Waals surface area contributed by atoms with Crippen LogP contribution in [-0.4, -0.2) is 53.8 Å². The summed E-state index contributed by atoms with van der Waals surface area (Å²) in [5, 5.41) is 16.1. The van der Waals surface area contributed by atoms with Crippen molar-refractivity contribution in [3.63, 3.8) is 0 Å². The third-order valence-electron chi connectivity index (χ3n) is 4.65. The molecule has 0 radical (unpaired) electrons. The van der Waals surface area contributed by atoms with Gasteiger partial charge in [0, 0.05) is 32.0 Å². The van der Waals surface area contributed by atoms with Crippen molar-refractivity contribution in [2.75, 3.05) is 43.2 Å². The molecule has 2 aromatic heterocycles. The predicted octanol–water partition coefficient (Wildman–Crippen LogP) is 2.48. The Hall–Kier alpha value is -2.49. The van der Waals surface area contributed by atoms with Crippen LogP contribution in [-0.2, 0) is 16.1 Å². The Bertz CT molecular complexity index is 731. The van der Waals surface area contributed by atoms with Gasteiger partial charge in [0.15, 0.2) is 0 Å². The molecule has 0 unspecified atom stereocenters. The van der Waals surface area contributed by atoms with Gasteiger partial charge in [-0.1, -0.05) is 12.8 Å². The Balaban J connectivity index is 1.70. The maximum Gasteiger partial charge on any atom is 0.230 e. The molecule has 3 rings (SSSR count). The number of hydrogen-bond donors (Lipinski definition) is 3. The largest absolute Gasteiger partial charge is 0.391 e. The Morgan fingerprint density at radius 3 is 2.46 bits per heavy atom.